The minimum atomic E-state index is -0.616. The minimum absolute atomic E-state index is 0.0256. The molecule has 156 valence electrons. The predicted molar refractivity (Wildman–Crippen MR) is 110 cm³/mol. The molecular weight excluding hydrogens is 409 g/mol. The van der Waals surface area contributed by atoms with Gasteiger partial charge in [-0.15, -0.1) is 10.2 Å². The van der Waals surface area contributed by atoms with Gasteiger partial charge in [-0.3, -0.25) is 14.7 Å². The highest BCUT2D eigenvalue weighted by Gasteiger charge is 2.22. The van der Waals surface area contributed by atoms with E-state index in [0.717, 1.165) is 17.4 Å². The number of halogens is 1. The van der Waals surface area contributed by atoms with Crippen molar-refractivity contribution < 1.29 is 18.7 Å². The molecule has 10 heteroatoms. The summed E-state index contributed by atoms with van der Waals surface area (Å²) in [4.78, 5) is 23.6. The Morgan fingerprint density at radius 3 is 2.53 bits per heavy atom. The third-order valence-corrected chi connectivity index (χ3v) is 5.07. The average molecular weight is 429 g/mol. The molecule has 1 heterocycles. The fraction of sp³-hybridized carbons (Fsp3) is 0.200. The molecule has 0 fully saturated rings. The Morgan fingerprint density at radius 1 is 1.13 bits per heavy atom. The lowest BCUT2D eigenvalue weighted by Crippen LogP contribution is -2.41. The molecule has 0 saturated carbocycles. The van der Waals surface area contributed by atoms with Crippen LogP contribution in [0, 0.1) is 5.82 Å². The summed E-state index contributed by atoms with van der Waals surface area (Å²) in [5, 5.41) is 12.7. The van der Waals surface area contributed by atoms with Crippen LogP contribution in [0.1, 0.15) is 12.7 Å². The summed E-state index contributed by atoms with van der Waals surface area (Å²) in [6, 6.07) is 14.8. The van der Waals surface area contributed by atoms with Gasteiger partial charge in [0.25, 0.3) is 0 Å². The van der Waals surface area contributed by atoms with Crippen LogP contribution >= 0.6 is 11.8 Å². The molecule has 8 nitrogen and oxygen atoms in total. The van der Waals surface area contributed by atoms with Crippen LogP contribution in [0.5, 0.6) is 5.75 Å². The van der Waals surface area contributed by atoms with Crippen molar-refractivity contribution in [2.75, 3.05) is 7.05 Å². The molecule has 0 aliphatic rings. The van der Waals surface area contributed by atoms with Gasteiger partial charge in [0.15, 0.2) is 22.5 Å². The third kappa shape index (κ3) is 5.15. The van der Waals surface area contributed by atoms with Gasteiger partial charge in [-0.1, -0.05) is 42.1 Å². The van der Waals surface area contributed by atoms with Crippen LogP contribution in [0.25, 0.3) is 5.69 Å². The van der Waals surface area contributed by atoms with E-state index >= 15 is 0 Å². The zero-order valence-electron chi connectivity index (χ0n) is 16.3. The van der Waals surface area contributed by atoms with Gasteiger partial charge in [-0.05, 0) is 31.2 Å². The lowest BCUT2D eigenvalue weighted by molar-refractivity contribution is -0.119. The van der Waals surface area contributed by atoms with Crippen LogP contribution in [0.4, 0.5) is 9.18 Å². The standard InChI is InChI=1S/C20H20FN5O3S/c1-13(18(27)23-19(28)22-2)30-20-25-24-17(26(20)14-8-4-3-5-9-14)12-29-16-11-7-6-10-15(16)21/h3-11,13H,12H2,1-2H3,(H2,22,23,27,28). The smallest absolute Gasteiger partial charge is 0.321 e. The predicted octanol–water partition coefficient (Wildman–Crippen LogP) is 2.92. The normalized spacial score (nSPS) is 11.6. The van der Waals surface area contributed by atoms with E-state index < -0.39 is 23.0 Å². The number of amides is 3. The maximum Gasteiger partial charge on any atom is 0.321 e. The average Bonchev–Trinajstić information content (AvgIpc) is 3.15. The molecule has 3 amide bonds. The zero-order chi connectivity index (χ0) is 21.5. The van der Waals surface area contributed by atoms with Crippen molar-refractivity contribution in [3.63, 3.8) is 0 Å². The Balaban J connectivity index is 1.84. The van der Waals surface area contributed by atoms with Crippen molar-refractivity contribution in [2.45, 2.75) is 23.9 Å². The van der Waals surface area contributed by atoms with E-state index in [2.05, 4.69) is 20.8 Å². The van der Waals surface area contributed by atoms with Crippen LogP contribution < -0.4 is 15.4 Å². The van der Waals surface area contributed by atoms with E-state index in [1.165, 1.54) is 19.2 Å². The molecule has 0 saturated heterocycles. The number of ether oxygens (including phenoxy) is 1. The number of thioether (sulfide) groups is 1. The number of aromatic nitrogens is 3. The largest absolute Gasteiger partial charge is 0.483 e. The molecular formula is C20H20FN5O3S. The highest BCUT2D eigenvalue weighted by Crippen LogP contribution is 2.26. The van der Waals surface area contributed by atoms with Gasteiger partial charge in [-0.2, -0.15) is 0 Å². The van der Waals surface area contributed by atoms with E-state index in [1.54, 1.807) is 23.6 Å². The summed E-state index contributed by atoms with van der Waals surface area (Å²) < 4.78 is 21.2. The van der Waals surface area contributed by atoms with Crippen LogP contribution in [0.2, 0.25) is 0 Å². The Morgan fingerprint density at radius 2 is 1.83 bits per heavy atom. The fourth-order valence-corrected chi connectivity index (χ4v) is 3.38. The number of carbonyl (C=O) groups excluding carboxylic acids is 2. The zero-order valence-corrected chi connectivity index (χ0v) is 17.1. The number of benzene rings is 2. The molecule has 2 aromatic carbocycles. The molecule has 0 bridgehead atoms. The number of nitrogens with zero attached hydrogens (tertiary/aromatic N) is 3. The summed E-state index contributed by atoms with van der Waals surface area (Å²) in [7, 11) is 1.42. The van der Waals surface area contributed by atoms with Gasteiger partial charge >= 0.3 is 6.03 Å². The second-order valence-corrected chi connectivity index (χ2v) is 7.43. The van der Waals surface area contributed by atoms with Crippen molar-refractivity contribution in [3.8, 4) is 11.4 Å². The summed E-state index contributed by atoms with van der Waals surface area (Å²) in [5.41, 5.74) is 0.760. The second-order valence-electron chi connectivity index (χ2n) is 6.12. The van der Waals surface area contributed by atoms with Gasteiger partial charge in [0.2, 0.25) is 5.91 Å². The van der Waals surface area contributed by atoms with E-state index in [0.29, 0.717) is 11.0 Å². The SMILES string of the molecule is CNC(=O)NC(=O)C(C)Sc1nnc(COc2ccccc2F)n1-c1ccccc1. The Hall–Kier alpha value is -3.40. The van der Waals surface area contributed by atoms with Crippen LogP contribution in [-0.4, -0.2) is 39.0 Å². The summed E-state index contributed by atoms with van der Waals surface area (Å²) in [6.45, 7) is 1.63. The summed E-state index contributed by atoms with van der Waals surface area (Å²) >= 11 is 1.14. The first-order valence-electron chi connectivity index (χ1n) is 9.06. The number of hydrogen-bond donors (Lipinski definition) is 2. The molecule has 0 aliphatic carbocycles. The van der Waals surface area contributed by atoms with Crippen LogP contribution in [-0.2, 0) is 11.4 Å². The highest BCUT2D eigenvalue weighted by atomic mass is 32.2. The number of hydrogen-bond acceptors (Lipinski definition) is 6. The van der Waals surface area contributed by atoms with E-state index in [4.69, 9.17) is 4.74 Å². The molecule has 30 heavy (non-hydrogen) atoms. The first-order chi connectivity index (χ1) is 14.5. The second kappa shape index (κ2) is 9.88. The quantitative estimate of drug-likeness (QED) is 0.561. The van der Waals surface area contributed by atoms with Gasteiger partial charge in [0.05, 0.1) is 5.25 Å². The van der Waals surface area contributed by atoms with Gasteiger partial charge in [0, 0.05) is 12.7 Å². The third-order valence-electron chi connectivity index (χ3n) is 4.02. The molecule has 1 aromatic heterocycles. The van der Waals surface area contributed by atoms with Crippen molar-refractivity contribution >= 4 is 23.7 Å². The van der Waals surface area contributed by atoms with Gasteiger partial charge in [0.1, 0.15) is 6.61 Å². The van der Waals surface area contributed by atoms with E-state index in [1.807, 2.05) is 30.3 Å². The summed E-state index contributed by atoms with van der Waals surface area (Å²) in [6.07, 6.45) is 0. The van der Waals surface area contributed by atoms with Crippen LogP contribution in [0.3, 0.4) is 0 Å². The van der Waals surface area contributed by atoms with Crippen molar-refractivity contribution in [3.05, 3.63) is 66.2 Å². The van der Waals surface area contributed by atoms with Gasteiger partial charge in [-0.25, -0.2) is 9.18 Å². The van der Waals surface area contributed by atoms with Gasteiger partial charge < -0.3 is 10.1 Å². The van der Waals surface area contributed by atoms with Crippen molar-refractivity contribution in [1.29, 1.82) is 0 Å². The number of urea groups is 1. The number of carbonyl (C=O) groups is 2. The number of rotatable bonds is 7. The lowest BCUT2D eigenvalue weighted by atomic mass is 10.3. The molecule has 0 spiro atoms. The molecule has 3 aromatic rings. The fourth-order valence-electron chi connectivity index (χ4n) is 2.50. The number of imide groups is 1. The topological polar surface area (TPSA) is 98.1 Å². The lowest BCUT2D eigenvalue weighted by Gasteiger charge is -2.14. The first kappa shape index (κ1) is 21.3. The summed E-state index contributed by atoms with van der Waals surface area (Å²) in [5.74, 6) is -0.401. The highest BCUT2D eigenvalue weighted by molar-refractivity contribution is 8.00. The first-order valence-corrected chi connectivity index (χ1v) is 9.94. The number of para-hydroxylation sites is 2. The maximum atomic E-state index is 13.9. The van der Waals surface area contributed by atoms with Crippen molar-refractivity contribution in [1.82, 2.24) is 25.4 Å². The minimum Gasteiger partial charge on any atom is -0.483 e. The monoisotopic (exact) mass is 429 g/mol. The van der Waals surface area contributed by atoms with E-state index in [-0.39, 0.29) is 12.4 Å². The van der Waals surface area contributed by atoms with Crippen LogP contribution in [0.15, 0.2) is 59.8 Å². The molecule has 1 unspecified atom stereocenters. The van der Waals surface area contributed by atoms with E-state index in [9.17, 15) is 14.0 Å². The Kier molecular flexibility index (Phi) is 7.02. The molecule has 2 N–H and O–H groups in total. The molecule has 0 aliphatic heterocycles. The Labute approximate surface area is 176 Å². The Bertz CT molecular complexity index is 1030. The van der Waals surface area contributed by atoms with Crippen molar-refractivity contribution in [2.24, 2.45) is 0 Å². The molecule has 1 atom stereocenters. The number of nitrogens with one attached hydrogen (secondary N) is 2. The molecule has 3 rings (SSSR count). The molecule has 0 radical (unpaired) electrons. The maximum absolute atomic E-state index is 13.9.